The molecule has 0 aromatic heterocycles. The van der Waals surface area contributed by atoms with Crippen LogP contribution in [0.3, 0.4) is 0 Å². The zero-order valence-electron chi connectivity index (χ0n) is 19.0. The maximum atomic E-state index is 12.7. The van der Waals surface area contributed by atoms with Gasteiger partial charge in [-0.05, 0) is 42.7 Å². The number of benzene rings is 2. The Hall–Kier alpha value is -3.26. The molecular formula is C25H30N2O6. The van der Waals surface area contributed by atoms with E-state index >= 15 is 0 Å². The number of hydrogen-bond acceptors (Lipinski definition) is 6. The van der Waals surface area contributed by atoms with Crippen LogP contribution in [0.5, 0.6) is 17.2 Å². The SMILES string of the molecule is COc1ccc(N2CC(C(=O)NCc3ccc(OCC4CCCO4)cc3)CC2=O)cc1OC. The van der Waals surface area contributed by atoms with Crippen LogP contribution in [0.2, 0.25) is 0 Å². The third kappa shape index (κ3) is 5.57. The lowest BCUT2D eigenvalue weighted by atomic mass is 10.1. The molecule has 176 valence electrons. The summed E-state index contributed by atoms with van der Waals surface area (Å²) in [6, 6.07) is 13.0. The Labute approximate surface area is 193 Å². The van der Waals surface area contributed by atoms with Gasteiger partial charge >= 0.3 is 0 Å². The number of nitrogens with zero attached hydrogens (tertiary/aromatic N) is 1. The minimum Gasteiger partial charge on any atom is -0.493 e. The van der Waals surface area contributed by atoms with Crippen molar-refractivity contribution in [3.05, 3.63) is 48.0 Å². The van der Waals surface area contributed by atoms with E-state index < -0.39 is 5.92 Å². The van der Waals surface area contributed by atoms with Crippen molar-refractivity contribution < 1.29 is 28.5 Å². The Balaban J connectivity index is 1.28. The molecular weight excluding hydrogens is 424 g/mol. The first-order valence-electron chi connectivity index (χ1n) is 11.2. The Morgan fingerprint density at radius 2 is 1.91 bits per heavy atom. The second kappa shape index (κ2) is 10.6. The number of carbonyl (C=O) groups excluding carboxylic acids is 2. The van der Waals surface area contributed by atoms with Crippen LogP contribution in [0.15, 0.2) is 42.5 Å². The van der Waals surface area contributed by atoms with Crippen LogP contribution in [0.4, 0.5) is 5.69 Å². The third-order valence-electron chi connectivity index (χ3n) is 6.02. The summed E-state index contributed by atoms with van der Waals surface area (Å²) in [5.41, 5.74) is 1.65. The fourth-order valence-electron chi connectivity index (χ4n) is 4.13. The van der Waals surface area contributed by atoms with E-state index in [0.717, 1.165) is 30.8 Å². The largest absolute Gasteiger partial charge is 0.493 e. The van der Waals surface area contributed by atoms with Crippen molar-refractivity contribution in [2.75, 3.05) is 38.9 Å². The molecule has 33 heavy (non-hydrogen) atoms. The minimum atomic E-state index is -0.403. The Kier molecular flexibility index (Phi) is 7.34. The van der Waals surface area contributed by atoms with Crippen molar-refractivity contribution in [2.24, 2.45) is 5.92 Å². The molecule has 0 spiro atoms. The van der Waals surface area contributed by atoms with Crippen molar-refractivity contribution in [3.63, 3.8) is 0 Å². The first-order valence-corrected chi connectivity index (χ1v) is 11.2. The van der Waals surface area contributed by atoms with Crippen LogP contribution in [0.25, 0.3) is 0 Å². The van der Waals surface area contributed by atoms with Crippen molar-refractivity contribution in [3.8, 4) is 17.2 Å². The molecule has 0 saturated carbocycles. The predicted octanol–water partition coefficient (Wildman–Crippen LogP) is 2.93. The maximum absolute atomic E-state index is 12.7. The highest BCUT2D eigenvalue weighted by atomic mass is 16.5. The molecule has 2 unspecified atom stereocenters. The fourth-order valence-corrected chi connectivity index (χ4v) is 4.13. The van der Waals surface area contributed by atoms with Gasteiger partial charge in [-0.25, -0.2) is 0 Å². The molecule has 2 fully saturated rings. The normalized spacial score (nSPS) is 20.1. The van der Waals surface area contributed by atoms with E-state index in [-0.39, 0.29) is 24.3 Å². The summed E-state index contributed by atoms with van der Waals surface area (Å²) in [6.07, 6.45) is 2.48. The number of carbonyl (C=O) groups is 2. The van der Waals surface area contributed by atoms with Crippen LogP contribution in [0.1, 0.15) is 24.8 Å². The van der Waals surface area contributed by atoms with E-state index in [2.05, 4.69) is 5.32 Å². The molecule has 0 radical (unpaired) electrons. The maximum Gasteiger partial charge on any atom is 0.227 e. The molecule has 2 aliphatic heterocycles. The molecule has 2 aromatic carbocycles. The number of hydrogen-bond donors (Lipinski definition) is 1. The highest BCUT2D eigenvalue weighted by Gasteiger charge is 2.35. The lowest BCUT2D eigenvalue weighted by Crippen LogP contribution is -2.32. The van der Waals surface area contributed by atoms with Gasteiger partial charge in [0.25, 0.3) is 0 Å². The van der Waals surface area contributed by atoms with E-state index in [0.29, 0.717) is 36.9 Å². The van der Waals surface area contributed by atoms with Gasteiger partial charge in [0.05, 0.1) is 26.2 Å². The van der Waals surface area contributed by atoms with Crippen LogP contribution >= 0.6 is 0 Å². The van der Waals surface area contributed by atoms with Gasteiger partial charge in [0.15, 0.2) is 11.5 Å². The van der Waals surface area contributed by atoms with E-state index in [1.54, 1.807) is 37.3 Å². The average molecular weight is 455 g/mol. The van der Waals surface area contributed by atoms with Crippen LogP contribution in [-0.2, 0) is 20.9 Å². The van der Waals surface area contributed by atoms with E-state index in [4.69, 9.17) is 18.9 Å². The first kappa shape index (κ1) is 22.9. The number of amides is 2. The molecule has 2 saturated heterocycles. The van der Waals surface area contributed by atoms with Gasteiger partial charge in [-0.1, -0.05) is 12.1 Å². The van der Waals surface area contributed by atoms with Crippen LogP contribution in [-0.4, -0.2) is 51.9 Å². The summed E-state index contributed by atoms with van der Waals surface area (Å²) < 4.78 is 21.9. The number of methoxy groups -OCH3 is 2. The topological polar surface area (TPSA) is 86.3 Å². The molecule has 2 atom stereocenters. The summed E-state index contributed by atoms with van der Waals surface area (Å²) in [5, 5.41) is 2.95. The molecule has 8 heteroatoms. The van der Waals surface area contributed by atoms with E-state index in [1.807, 2.05) is 24.3 Å². The van der Waals surface area contributed by atoms with E-state index in [1.165, 1.54) is 0 Å². The highest BCUT2D eigenvalue weighted by molar-refractivity contribution is 6.00. The van der Waals surface area contributed by atoms with Gasteiger partial charge in [-0.15, -0.1) is 0 Å². The van der Waals surface area contributed by atoms with Crippen molar-refractivity contribution in [1.82, 2.24) is 5.32 Å². The van der Waals surface area contributed by atoms with Crippen LogP contribution < -0.4 is 24.4 Å². The highest BCUT2D eigenvalue weighted by Crippen LogP contribution is 2.34. The van der Waals surface area contributed by atoms with Crippen LogP contribution in [0, 0.1) is 5.92 Å². The monoisotopic (exact) mass is 454 g/mol. The van der Waals surface area contributed by atoms with Crippen molar-refractivity contribution in [2.45, 2.75) is 31.9 Å². The number of ether oxygens (including phenoxy) is 4. The molecule has 0 aliphatic carbocycles. The molecule has 2 amide bonds. The van der Waals surface area contributed by atoms with Gasteiger partial charge in [-0.2, -0.15) is 0 Å². The molecule has 4 rings (SSSR count). The Morgan fingerprint density at radius 3 is 2.61 bits per heavy atom. The summed E-state index contributed by atoms with van der Waals surface area (Å²) in [6.45, 7) is 2.09. The summed E-state index contributed by atoms with van der Waals surface area (Å²) >= 11 is 0. The minimum absolute atomic E-state index is 0.0879. The van der Waals surface area contributed by atoms with Gasteiger partial charge in [0, 0.05) is 37.9 Å². The predicted molar refractivity (Wildman–Crippen MR) is 123 cm³/mol. The Morgan fingerprint density at radius 1 is 1.12 bits per heavy atom. The smallest absolute Gasteiger partial charge is 0.227 e. The van der Waals surface area contributed by atoms with E-state index in [9.17, 15) is 9.59 Å². The van der Waals surface area contributed by atoms with Crippen molar-refractivity contribution in [1.29, 1.82) is 0 Å². The van der Waals surface area contributed by atoms with Gasteiger partial charge in [0.1, 0.15) is 12.4 Å². The van der Waals surface area contributed by atoms with Gasteiger partial charge < -0.3 is 29.2 Å². The molecule has 0 bridgehead atoms. The second-order valence-electron chi connectivity index (χ2n) is 8.25. The lowest BCUT2D eigenvalue weighted by Gasteiger charge is -2.18. The quantitative estimate of drug-likeness (QED) is 0.627. The first-order chi connectivity index (χ1) is 16.1. The summed E-state index contributed by atoms with van der Waals surface area (Å²) in [4.78, 5) is 26.9. The van der Waals surface area contributed by atoms with Gasteiger partial charge in [0.2, 0.25) is 11.8 Å². The second-order valence-corrected chi connectivity index (χ2v) is 8.25. The molecule has 1 N–H and O–H groups in total. The molecule has 8 nitrogen and oxygen atoms in total. The zero-order valence-corrected chi connectivity index (χ0v) is 19.0. The number of rotatable bonds is 9. The summed E-state index contributed by atoms with van der Waals surface area (Å²) in [5.74, 6) is 1.29. The third-order valence-corrected chi connectivity index (χ3v) is 6.02. The molecule has 2 heterocycles. The summed E-state index contributed by atoms with van der Waals surface area (Å²) in [7, 11) is 3.11. The Bertz CT molecular complexity index is 971. The zero-order chi connectivity index (χ0) is 23.2. The standard InChI is InChI=1S/C25H30N2O6/c1-30-22-10-7-19(13-23(22)31-2)27-15-18(12-24(27)28)25(29)26-14-17-5-8-20(9-6-17)33-16-21-4-3-11-32-21/h5-10,13,18,21H,3-4,11-12,14-16H2,1-2H3,(H,26,29). The van der Waals surface area contributed by atoms with Gasteiger partial charge in [-0.3, -0.25) is 9.59 Å². The lowest BCUT2D eigenvalue weighted by molar-refractivity contribution is -0.126. The number of nitrogens with one attached hydrogen (secondary N) is 1. The average Bonchev–Trinajstić information content (AvgIpc) is 3.51. The molecule has 2 aromatic rings. The molecule has 2 aliphatic rings. The fraction of sp³-hybridized carbons (Fsp3) is 0.440. The number of anilines is 1. The van der Waals surface area contributed by atoms with Crippen molar-refractivity contribution >= 4 is 17.5 Å².